The van der Waals surface area contributed by atoms with Gasteiger partial charge in [0, 0.05) is 25.0 Å². The standard InChI is InChI=1S/C23H26FN3O4S/c1-17(22-15-18-5-2-3-6-21(18)31-22)25-23(28)16-26-11-4-12-27(14-13-26)32(29,30)20-9-7-19(24)8-10-20/h2-3,5-10,15,17H,4,11-14,16H2,1H3,(H,25,28)/t17-/m1/s1. The summed E-state index contributed by atoms with van der Waals surface area (Å²) in [7, 11) is -3.69. The number of hydrogen-bond acceptors (Lipinski definition) is 5. The quantitative estimate of drug-likeness (QED) is 0.612. The SMILES string of the molecule is C[C@@H](NC(=O)CN1CCCN(S(=O)(=O)c2ccc(F)cc2)CC1)c1cc2ccccc2o1. The zero-order valence-corrected chi connectivity index (χ0v) is 18.6. The summed E-state index contributed by atoms with van der Waals surface area (Å²) < 4.78 is 46.1. The molecule has 2 heterocycles. The number of benzene rings is 2. The number of fused-ring (bicyclic) bond motifs is 1. The molecule has 1 aromatic heterocycles. The predicted octanol–water partition coefficient (Wildman–Crippen LogP) is 3.15. The molecule has 32 heavy (non-hydrogen) atoms. The van der Waals surface area contributed by atoms with Crippen molar-refractivity contribution in [2.45, 2.75) is 24.3 Å². The molecule has 7 nitrogen and oxygen atoms in total. The third-order valence-electron chi connectivity index (χ3n) is 5.61. The number of hydrogen-bond donors (Lipinski definition) is 1. The van der Waals surface area contributed by atoms with Crippen molar-refractivity contribution in [3.8, 4) is 0 Å². The zero-order valence-electron chi connectivity index (χ0n) is 17.8. The summed E-state index contributed by atoms with van der Waals surface area (Å²) >= 11 is 0. The molecule has 0 bridgehead atoms. The third-order valence-corrected chi connectivity index (χ3v) is 7.53. The Labute approximate surface area is 186 Å². The average molecular weight is 460 g/mol. The summed E-state index contributed by atoms with van der Waals surface area (Å²) in [6.45, 7) is 3.72. The van der Waals surface area contributed by atoms with Gasteiger partial charge in [-0.25, -0.2) is 12.8 Å². The maximum absolute atomic E-state index is 13.1. The summed E-state index contributed by atoms with van der Waals surface area (Å²) in [4.78, 5) is 14.6. The number of nitrogens with one attached hydrogen (secondary N) is 1. The van der Waals surface area contributed by atoms with Gasteiger partial charge in [0.25, 0.3) is 0 Å². The largest absolute Gasteiger partial charge is 0.459 e. The average Bonchev–Trinajstić information content (AvgIpc) is 3.06. The molecular weight excluding hydrogens is 433 g/mol. The van der Waals surface area contributed by atoms with E-state index in [1.165, 1.54) is 16.4 Å². The number of carbonyl (C=O) groups is 1. The van der Waals surface area contributed by atoms with Crippen LogP contribution in [0.5, 0.6) is 0 Å². The second-order valence-corrected chi connectivity index (χ2v) is 9.90. The van der Waals surface area contributed by atoms with Gasteiger partial charge in [-0.15, -0.1) is 0 Å². The number of halogens is 1. The molecule has 170 valence electrons. The number of carbonyl (C=O) groups excluding carboxylic acids is 1. The monoisotopic (exact) mass is 459 g/mol. The fraction of sp³-hybridized carbons (Fsp3) is 0.348. The first-order valence-electron chi connectivity index (χ1n) is 10.6. The summed E-state index contributed by atoms with van der Waals surface area (Å²) in [5.74, 6) is 0.0636. The molecule has 0 unspecified atom stereocenters. The van der Waals surface area contributed by atoms with Crippen molar-refractivity contribution in [2.75, 3.05) is 32.7 Å². The van der Waals surface area contributed by atoms with Crippen molar-refractivity contribution >= 4 is 26.9 Å². The number of amides is 1. The Kier molecular flexibility index (Phi) is 6.59. The fourth-order valence-electron chi connectivity index (χ4n) is 3.88. The molecule has 2 aromatic carbocycles. The Morgan fingerprint density at radius 2 is 1.84 bits per heavy atom. The van der Waals surface area contributed by atoms with Crippen LogP contribution in [0.15, 0.2) is 63.9 Å². The Balaban J connectivity index is 1.33. The van der Waals surface area contributed by atoms with Crippen LogP contribution in [-0.4, -0.2) is 56.3 Å². The lowest BCUT2D eigenvalue weighted by atomic mass is 10.2. The van der Waals surface area contributed by atoms with Crippen LogP contribution >= 0.6 is 0 Å². The third kappa shape index (κ3) is 5.01. The Morgan fingerprint density at radius 3 is 2.59 bits per heavy atom. The summed E-state index contributed by atoms with van der Waals surface area (Å²) in [6, 6.07) is 14.2. The highest BCUT2D eigenvalue weighted by atomic mass is 32.2. The van der Waals surface area contributed by atoms with E-state index in [-0.39, 0.29) is 29.9 Å². The predicted molar refractivity (Wildman–Crippen MR) is 119 cm³/mol. The highest BCUT2D eigenvalue weighted by Crippen LogP contribution is 2.23. The van der Waals surface area contributed by atoms with Gasteiger partial charge < -0.3 is 9.73 Å². The lowest BCUT2D eigenvalue weighted by Gasteiger charge is -2.22. The molecule has 0 saturated carbocycles. The van der Waals surface area contributed by atoms with Gasteiger partial charge in [-0.1, -0.05) is 18.2 Å². The minimum atomic E-state index is -3.69. The highest BCUT2D eigenvalue weighted by molar-refractivity contribution is 7.89. The van der Waals surface area contributed by atoms with Crippen LogP contribution in [0, 0.1) is 5.82 Å². The van der Waals surface area contributed by atoms with Crippen LogP contribution in [0.1, 0.15) is 25.1 Å². The van der Waals surface area contributed by atoms with E-state index in [0.29, 0.717) is 31.8 Å². The van der Waals surface area contributed by atoms with E-state index >= 15 is 0 Å². The van der Waals surface area contributed by atoms with Crippen molar-refractivity contribution in [3.05, 3.63) is 66.2 Å². The van der Waals surface area contributed by atoms with Gasteiger partial charge in [-0.3, -0.25) is 9.69 Å². The van der Waals surface area contributed by atoms with Gasteiger partial charge in [0.05, 0.1) is 17.5 Å². The lowest BCUT2D eigenvalue weighted by Crippen LogP contribution is -2.40. The van der Waals surface area contributed by atoms with Gasteiger partial charge in [-0.2, -0.15) is 4.31 Å². The highest BCUT2D eigenvalue weighted by Gasteiger charge is 2.27. The first kappa shape index (κ1) is 22.4. The first-order valence-corrected chi connectivity index (χ1v) is 12.0. The fourth-order valence-corrected chi connectivity index (χ4v) is 5.35. The van der Waals surface area contributed by atoms with Crippen LogP contribution in [0.2, 0.25) is 0 Å². The van der Waals surface area contributed by atoms with E-state index in [1.807, 2.05) is 42.2 Å². The van der Waals surface area contributed by atoms with Gasteiger partial charge in [-0.05, 0) is 56.3 Å². The smallest absolute Gasteiger partial charge is 0.243 e. The van der Waals surface area contributed by atoms with Crippen molar-refractivity contribution in [1.82, 2.24) is 14.5 Å². The van der Waals surface area contributed by atoms with E-state index in [9.17, 15) is 17.6 Å². The van der Waals surface area contributed by atoms with Crippen molar-refractivity contribution in [2.24, 2.45) is 0 Å². The molecule has 1 fully saturated rings. The van der Waals surface area contributed by atoms with Crippen molar-refractivity contribution in [1.29, 1.82) is 0 Å². The number of rotatable bonds is 6. The first-order chi connectivity index (χ1) is 15.3. The molecule has 1 aliphatic rings. The molecule has 3 aromatic rings. The minimum Gasteiger partial charge on any atom is -0.459 e. The minimum absolute atomic E-state index is 0.0738. The van der Waals surface area contributed by atoms with E-state index in [0.717, 1.165) is 23.1 Å². The molecule has 1 amide bonds. The Hall–Kier alpha value is -2.75. The van der Waals surface area contributed by atoms with Gasteiger partial charge in [0.1, 0.15) is 17.2 Å². The Morgan fingerprint density at radius 1 is 1.09 bits per heavy atom. The summed E-state index contributed by atoms with van der Waals surface area (Å²) in [6.07, 6.45) is 0.604. The molecule has 1 atom stereocenters. The van der Waals surface area contributed by atoms with Crippen molar-refractivity contribution in [3.63, 3.8) is 0 Å². The number of para-hydroxylation sites is 1. The molecular formula is C23H26FN3O4S. The maximum Gasteiger partial charge on any atom is 0.243 e. The summed E-state index contributed by atoms with van der Waals surface area (Å²) in [5.41, 5.74) is 0.776. The van der Waals surface area contributed by atoms with Crippen molar-refractivity contribution < 1.29 is 22.0 Å². The molecule has 4 rings (SSSR count). The Bertz CT molecular complexity index is 1160. The normalized spacial score (nSPS) is 17.2. The molecule has 1 saturated heterocycles. The second-order valence-electron chi connectivity index (χ2n) is 7.96. The van der Waals surface area contributed by atoms with E-state index < -0.39 is 15.8 Å². The molecule has 0 spiro atoms. The van der Waals surface area contributed by atoms with Crippen LogP contribution in [0.3, 0.4) is 0 Å². The lowest BCUT2D eigenvalue weighted by molar-refractivity contribution is -0.123. The zero-order chi connectivity index (χ0) is 22.7. The van der Waals surface area contributed by atoms with E-state index in [1.54, 1.807) is 0 Å². The molecule has 9 heteroatoms. The molecule has 1 aliphatic heterocycles. The van der Waals surface area contributed by atoms with E-state index in [4.69, 9.17) is 4.42 Å². The maximum atomic E-state index is 13.1. The molecule has 0 radical (unpaired) electrons. The van der Waals surface area contributed by atoms with Gasteiger partial charge >= 0.3 is 0 Å². The van der Waals surface area contributed by atoms with Crippen LogP contribution in [-0.2, 0) is 14.8 Å². The number of furan rings is 1. The molecule has 0 aliphatic carbocycles. The topological polar surface area (TPSA) is 82.9 Å². The van der Waals surface area contributed by atoms with Crippen LogP contribution in [0.4, 0.5) is 4.39 Å². The van der Waals surface area contributed by atoms with Crippen LogP contribution < -0.4 is 5.32 Å². The second kappa shape index (κ2) is 9.40. The summed E-state index contributed by atoms with van der Waals surface area (Å²) in [5, 5.41) is 3.94. The van der Waals surface area contributed by atoms with Crippen LogP contribution in [0.25, 0.3) is 11.0 Å². The van der Waals surface area contributed by atoms with Gasteiger partial charge in [0.2, 0.25) is 15.9 Å². The molecule has 1 N–H and O–H groups in total. The number of sulfonamides is 1. The van der Waals surface area contributed by atoms with Gasteiger partial charge in [0.15, 0.2) is 0 Å². The number of nitrogens with zero attached hydrogens (tertiary/aromatic N) is 2. The van der Waals surface area contributed by atoms with E-state index in [2.05, 4.69) is 5.32 Å².